The molecule has 0 saturated carbocycles. The van der Waals surface area contributed by atoms with E-state index in [0.29, 0.717) is 23.3 Å². The van der Waals surface area contributed by atoms with Crippen LogP contribution in [0.5, 0.6) is 17.2 Å². The number of benzene rings is 1. The molecule has 0 saturated heterocycles. The normalized spacial score (nSPS) is 9.65. The number of hydrogen-bond acceptors (Lipinski definition) is 5. The number of carbonyl (C=O) groups excluding carboxylic acids is 2. The second-order valence-electron chi connectivity index (χ2n) is 3.36. The van der Waals surface area contributed by atoms with E-state index >= 15 is 0 Å². The predicted octanol–water partition coefficient (Wildman–Crippen LogP) is 1.75. The summed E-state index contributed by atoms with van der Waals surface area (Å²) in [7, 11) is 2.91. The van der Waals surface area contributed by atoms with E-state index in [9.17, 15) is 9.59 Å². The van der Waals surface area contributed by atoms with Crippen molar-refractivity contribution in [2.24, 2.45) is 0 Å². The van der Waals surface area contributed by atoms with E-state index < -0.39 is 5.97 Å². The third-order valence-corrected chi connectivity index (χ3v) is 2.29. The van der Waals surface area contributed by atoms with Crippen LogP contribution < -0.4 is 14.2 Å². The molecule has 5 nitrogen and oxygen atoms in total. The summed E-state index contributed by atoms with van der Waals surface area (Å²) in [6.07, 6.45) is 0.587. The largest absolute Gasteiger partial charge is 0.496 e. The molecule has 1 aromatic carbocycles. The number of esters is 1. The van der Waals surface area contributed by atoms with Gasteiger partial charge in [-0.2, -0.15) is 0 Å². The minimum absolute atomic E-state index is 0.170. The number of rotatable bonds is 4. The van der Waals surface area contributed by atoms with Crippen molar-refractivity contribution >= 4 is 12.3 Å². The number of aldehydes is 1. The molecule has 0 radical (unpaired) electrons. The molecule has 0 aliphatic rings. The van der Waals surface area contributed by atoms with Gasteiger partial charge in [-0.25, -0.2) is 0 Å². The summed E-state index contributed by atoms with van der Waals surface area (Å²) in [5, 5.41) is 0. The number of methoxy groups -OCH3 is 2. The molecule has 0 heterocycles. The second kappa shape index (κ2) is 5.34. The molecule has 0 aliphatic heterocycles. The van der Waals surface area contributed by atoms with Crippen molar-refractivity contribution in [2.75, 3.05) is 14.2 Å². The van der Waals surface area contributed by atoms with E-state index in [1.165, 1.54) is 21.1 Å². The van der Waals surface area contributed by atoms with Crippen molar-refractivity contribution in [2.45, 2.75) is 13.8 Å². The molecule has 92 valence electrons. The van der Waals surface area contributed by atoms with Crippen LogP contribution in [0.4, 0.5) is 0 Å². The Morgan fingerprint density at radius 3 is 2.24 bits per heavy atom. The Morgan fingerprint density at radius 2 is 1.82 bits per heavy atom. The third-order valence-electron chi connectivity index (χ3n) is 2.29. The molecule has 17 heavy (non-hydrogen) atoms. The van der Waals surface area contributed by atoms with Crippen LogP contribution in [0.1, 0.15) is 22.8 Å². The Balaban J connectivity index is 3.49. The molecule has 0 unspecified atom stereocenters. The summed E-state index contributed by atoms with van der Waals surface area (Å²) in [5.74, 6) is 0.456. The summed E-state index contributed by atoms with van der Waals surface area (Å²) < 4.78 is 15.2. The van der Waals surface area contributed by atoms with Crippen LogP contribution in [-0.4, -0.2) is 26.5 Å². The van der Waals surface area contributed by atoms with Crippen LogP contribution in [0, 0.1) is 6.92 Å². The summed E-state index contributed by atoms with van der Waals surface area (Å²) in [4.78, 5) is 22.0. The first-order chi connectivity index (χ1) is 8.04. The minimum atomic E-state index is -0.508. The van der Waals surface area contributed by atoms with E-state index in [2.05, 4.69) is 0 Å². The lowest BCUT2D eigenvalue weighted by Gasteiger charge is -2.15. The first-order valence-corrected chi connectivity index (χ1v) is 4.94. The average Bonchev–Trinajstić information content (AvgIpc) is 2.30. The Labute approximate surface area is 99.3 Å². The molecule has 0 aromatic heterocycles. The predicted molar refractivity (Wildman–Crippen MR) is 61.0 cm³/mol. The Bertz CT molecular complexity index is 451. The van der Waals surface area contributed by atoms with Gasteiger partial charge in [0.25, 0.3) is 0 Å². The third kappa shape index (κ3) is 2.55. The molecule has 0 bridgehead atoms. The van der Waals surface area contributed by atoms with E-state index in [0.717, 1.165) is 0 Å². The van der Waals surface area contributed by atoms with Crippen molar-refractivity contribution < 1.29 is 23.8 Å². The minimum Gasteiger partial charge on any atom is -0.496 e. The van der Waals surface area contributed by atoms with Crippen LogP contribution in [0.2, 0.25) is 0 Å². The molecule has 5 heteroatoms. The Morgan fingerprint density at radius 1 is 1.24 bits per heavy atom. The van der Waals surface area contributed by atoms with Gasteiger partial charge in [0.2, 0.25) is 0 Å². The first-order valence-electron chi connectivity index (χ1n) is 4.94. The highest BCUT2D eigenvalue weighted by Crippen LogP contribution is 2.37. The van der Waals surface area contributed by atoms with Crippen molar-refractivity contribution in [1.29, 1.82) is 0 Å². The molecule has 0 amide bonds. The van der Waals surface area contributed by atoms with Crippen LogP contribution in [0.25, 0.3) is 0 Å². The second-order valence-corrected chi connectivity index (χ2v) is 3.36. The van der Waals surface area contributed by atoms with Crippen LogP contribution in [-0.2, 0) is 4.79 Å². The maximum atomic E-state index is 11.0. The lowest BCUT2D eigenvalue weighted by atomic mass is 10.1. The monoisotopic (exact) mass is 238 g/mol. The molecule has 0 N–H and O–H groups in total. The van der Waals surface area contributed by atoms with E-state index in [4.69, 9.17) is 14.2 Å². The molecule has 0 aliphatic carbocycles. The maximum Gasteiger partial charge on any atom is 0.308 e. The smallest absolute Gasteiger partial charge is 0.308 e. The van der Waals surface area contributed by atoms with Gasteiger partial charge in [-0.1, -0.05) is 0 Å². The van der Waals surface area contributed by atoms with Gasteiger partial charge in [-0.3, -0.25) is 9.59 Å². The molecule has 0 fully saturated rings. The van der Waals surface area contributed by atoms with Gasteiger partial charge in [0.05, 0.1) is 19.8 Å². The fourth-order valence-electron chi connectivity index (χ4n) is 1.50. The van der Waals surface area contributed by atoms with Crippen LogP contribution in [0.15, 0.2) is 6.07 Å². The number of carbonyl (C=O) groups is 2. The fraction of sp³-hybridized carbons (Fsp3) is 0.333. The van der Waals surface area contributed by atoms with Gasteiger partial charge in [0.15, 0.2) is 12.0 Å². The standard InChI is InChI=1S/C12H14O5/c1-7-10(15-3)5-11(16-4)9(6-13)12(7)17-8(2)14/h5-6H,1-4H3. The maximum absolute atomic E-state index is 11.0. The lowest BCUT2D eigenvalue weighted by molar-refractivity contribution is -0.131. The van der Waals surface area contributed by atoms with Gasteiger partial charge in [0.1, 0.15) is 11.5 Å². The molecule has 0 atom stereocenters. The lowest BCUT2D eigenvalue weighted by Crippen LogP contribution is -2.07. The number of hydrogen-bond donors (Lipinski definition) is 0. The highest BCUT2D eigenvalue weighted by Gasteiger charge is 2.19. The molecule has 1 rings (SSSR count). The van der Waals surface area contributed by atoms with Gasteiger partial charge < -0.3 is 14.2 Å². The zero-order valence-electron chi connectivity index (χ0n) is 10.2. The summed E-state index contributed by atoms with van der Waals surface area (Å²) in [6.45, 7) is 2.96. The van der Waals surface area contributed by atoms with Crippen LogP contribution >= 0.6 is 0 Å². The van der Waals surface area contributed by atoms with Crippen LogP contribution in [0.3, 0.4) is 0 Å². The molecule has 0 spiro atoms. The SMILES string of the molecule is COc1cc(OC)c(C=O)c(OC(C)=O)c1C. The van der Waals surface area contributed by atoms with Crippen molar-refractivity contribution in [3.63, 3.8) is 0 Å². The van der Waals surface area contributed by atoms with E-state index in [1.807, 2.05) is 0 Å². The zero-order chi connectivity index (χ0) is 13.0. The molecule has 1 aromatic rings. The Hall–Kier alpha value is -2.04. The highest BCUT2D eigenvalue weighted by atomic mass is 16.5. The molecular formula is C12H14O5. The van der Waals surface area contributed by atoms with Gasteiger partial charge >= 0.3 is 5.97 Å². The molecular weight excluding hydrogens is 224 g/mol. The van der Waals surface area contributed by atoms with Gasteiger partial charge in [-0.15, -0.1) is 0 Å². The number of ether oxygens (including phenoxy) is 3. The first kappa shape index (κ1) is 13.0. The fourth-order valence-corrected chi connectivity index (χ4v) is 1.50. The topological polar surface area (TPSA) is 61.8 Å². The van der Waals surface area contributed by atoms with E-state index in [1.54, 1.807) is 13.0 Å². The Kier molecular flexibility index (Phi) is 4.09. The van der Waals surface area contributed by atoms with Crippen molar-refractivity contribution in [3.8, 4) is 17.2 Å². The van der Waals surface area contributed by atoms with E-state index in [-0.39, 0.29) is 11.3 Å². The van der Waals surface area contributed by atoms with Gasteiger partial charge in [-0.05, 0) is 6.92 Å². The van der Waals surface area contributed by atoms with Crippen molar-refractivity contribution in [3.05, 3.63) is 17.2 Å². The summed E-state index contributed by atoms with van der Waals surface area (Å²) >= 11 is 0. The summed E-state index contributed by atoms with van der Waals surface area (Å²) in [6, 6.07) is 1.58. The quantitative estimate of drug-likeness (QED) is 0.454. The average molecular weight is 238 g/mol. The van der Waals surface area contributed by atoms with Gasteiger partial charge in [0, 0.05) is 18.6 Å². The zero-order valence-corrected chi connectivity index (χ0v) is 10.2. The van der Waals surface area contributed by atoms with Crippen molar-refractivity contribution in [1.82, 2.24) is 0 Å². The summed E-state index contributed by atoms with van der Waals surface area (Å²) in [5.41, 5.74) is 0.770. The highest BCUT2D eigenvalue weighted by molar-refractivity contribution is 5.87.